The van der Waals surface area contributed by atoms with E-state index in [4.69, 9.17) is 27.9 Å². The van der Waals surface area contributed by atoms with Crippen molar-refractivity contribution in [2.24, 2.45) is 0 Å². The van der Waals surface area contributed by atoms with Gasteiger partial charge in [-0.15, -0.1) is 0 Å². The van der Waals surface area contributed by atoms with Gasteiger partial charge >= 0.3 is 0 Å². The van der Waals surface area contributed by atoms with E-state index in [2.05, 4.69) is 5.32 Å². The van der Waals surface area contributed by atoms with Gasteiger partial charge in [-0.1, -0.05) is 60.0 Å². The van der Waals surface area contributed by atoms with Crippen LogP contribution in [-0.4, -0.2) is 51.9 Å². The molecule has 0 unspecified atom stereocenters. The van der Waals surface area contributed by atoms with E-state index in [9.17, 15) is 18.0 Å². The molecule has 0 spiro atoms. The highest BCUT2D eigenvalue weighted by molar-refractivity contribution is 7.92. The number of carbonyl (C=O) groups excluding carboxylic acids is 2. The van der Waals surface area contributed by atoms with E-state index in [1.54, 1.807) is 55.5 Å². The summed E-state index contributed by atoms with van der Waals surface area (Å²) in [5.74, 6) is -0.679. The van der Waals surface area contributed by atoms with Gasteiger partial charge in [0.25, 0.3) is 10.0 Å². The zero-order valence-corrected chi connectivity index (χ0v) is 25.4. The number of amides is 2. The fourth-order valence-electron chi connectivity index (χ4n) is 4.27. The smallest absolute Gasteiger partial charge is 0.264 e. The fraction of sp³-hybridized carbons (Fsp3) is 0.310. The van der Waals surface area contributed by atoms with E-state index in [1.807, 2.05) is 13.8 Å². The lowest BCUT2D eigenvalue weighted by Crippen LogP contribution is -2.51. The monoisotopic (exact) mass is 605 g/mol. The SMILES string of the molecule is CC[C@H](C(=O)NC)N(Cc1ccc(Cl)c(Cl)c1)C(=O)CN(c1cc(C)ccc1OC)S(=O)(=O)c1ccc(C)cc1. The summed E-state index contributed by atoms with van der Waals surface area (Å²) in [5, 5.41) is 3.25. The van der Waals surface area contributed by atoms with Gasteiger partial charge in [0.2, 0.25) is 11.8 Å². The van der Waals surface area contributed by atoms with Crippen LogP contribution in [0.25, 0.3) is 0 Å². The lowest BCUT2D eigenvalue weighted by molar-refractivity contribution is -0.140. The number of hydrogen-bond acceptors (Lipinski definition) is 5. The Bertz CT molecular complexity index is 1480. The third-order valence-electron chi connectivity index (χ3n) is 6.46. The van der Waals surface area contributed by atoms with Gasteiger partial charge in [-0.2, -0.15) is 0 Å². The van der Waals surface area contributed by atoms with E-state index in [-0.39, 0.29) is 28.8 Å². The molecule has 0 fully saturated rings. The van der Waals surface area contributed by atoms with E-state index in [1.165, 1.54) is 31.2 Å². The van der Waals surface area contributed by atoms with Crippen LogP contribution >= 0.6 is 23.2 Å². The Labute approximate surface area is 245 Å². The summed E-state index contributed by atoms with van der Waals surface area (Å²) >= 11 is 12.3. The average Bonchev–Trinajstić information content (AvgIpc) is 2.93. The van der Waals surface area contributed by atoms with Crippen molar-refractivity contribution in [1.82, 2.24) is 10.2 Å². The second-order valence-electron chi connectivity index (χ2n) is 9.31. The van der Waals surface area contributed by atoms with Crippen molar-refractivity contribution >= 4 is 50.7 Å². The molecule has 1 atom stereocenters. The number of nitrogens with zero attached hydrogens (tertiary/aromatic N) is 2. The largest absolute Gasteiger partial charge is 0.495 e. The number of ether oxygens (including phenoxy) is 1. The summed E-state index contributed by atoms with van der Waals surface area (Å²) in [6, 6.07) is 15.5. The molecule has 3 aromatic carbocycles. The van der Waals surface area contributed by atoms with Gasteiger partial charge in [-0.05, 0) is 67.8 Å². The first-order chi connectivity index (χ1) is 18.9. The van der Waals surface area contributed by atoms with Crippen molar-refractivity contribution in [3.05, 3.63) is 87.4 Å². The quantitative estimate of drug-likeness (QED) is 0.317. The first kappa shape index (κ1) is 31.3. The third kappa shape index (κ3) is 7.08. The number of rotatable bonds is 11. The molecular formula is C29H33Cl2N3O5S. The van der Waals surface area contributed by atoms with Gasteiger partial charge in [-0.3, -0.25) is 13.9 Å². The molecule has 8 nitrogen and oxygen atoms in total. The minimum atomic E-state index is -4.23. The van der Waals surface area contributed by atoms with E-state index < -0.39 is 28.5 Å². The van der Waals surface area contributed by atoms with Crippen molar-refractivity contribution in [2.75, 3.05) is 25.0 Å². The molecule has 0 aliphatic heterocycles. The van der Waals surface area contributed by atoms with Crippen LogP contribution in [-0.2, 0) is 26.2 Å². The maximum atomic E-state index is 14.1. The predicted octanol–water partition coefficient (Wildman–Crippen LogP) is 5.37. The van der Waals surface area contributed by atoms with Crippen LogP contribution in [0.3, 0.4) is 0 Å². The first-order valence-electron chi connectivity index (χ1n) is 12.6. The molecule has 0 aliphatic carbocycles. The van der Waals surface area contributed by atoms with Crippen LogP contribution in [0, 0.1) is 13.8 Å². The Morgan fingerprint density at radius 3 is 2.17 bits per heavy atom. The Hall–Kier alpha value is -3.27. The number of methoxy groups -OCH3 is 1. The van der Waals surface area contributed by atoms with Crippen LogP contribution in [0.15, 0.2) is 65.6 Å². The summed E-state index contributed by atoms with van der Waals surface area (Å²) in [6.45, 7) is 4.87. The minimum absolute atomic E-state index is 0.00498. The standard InChI is InChI=1S/C29H33Cl2N3O5S/c1-6-25(29(36)32-4)33(17-21-10-13-23(30)24(31)16-21)28(35)18-34(26-15-20(3)9-14-27(26)39-5)40(37,38)22-11-7-19(2)8-12-22/h7-16,25H,6,17-18H2,1-5H3,(H,32,36)/t25-/m1/s1. The number of halogens is 2. The number of aryl methyl sites for hydroxylation is 2. The molecule has 40 heavy (non-hydrogen) atoms. The van der Waals surface area contributed by atoms with Gasteiger partial charge in [0, 0.05) is 13.6 Å². The van der Waals surface area contributed by atoms with Crippen molar-refractivity contribution in [3.63, 3.8) is 0 Å². The predicted molar refractivity (Wildman–Crippen MR) is 159 cm³/mol. The maximum absolute atomic E-state index is 14.1. The zero-order chi connectivity index (χ0) is 29.6. The molecule has 0 aromatic heterocycles. The summed E-state index contributed by atoms with van der Waals surface area (Å²) in [5.41, 5.74) is 2.50. The maximum Gasteiger partial charge on any atom is 0.264 e. The molecule has 0 heterocycles. The number of carbonyl (C=O) groups is 2. The number of hydrogen-bond donors (Lipinski definition) is 1. The first-order valence-corrected chi connectivity index (χ1v) is 14.8. The van der Waals surface area contributed by atoms with Crippen LogP contribution in [0.2, 0.25) is 10.0 Å². The van der Waals surface area contributed by atoms with Crippen LogP contribution in [0.4, 0.5) is 5.69 Å². The molecule has 3 aromatic rings. The van der Waals surface area contributed by atoms with Crippen LogP contribution < -0.4 is 14.4 Å². The van der Waals surface area contributed by atoms with E-state index >= 15 is 0 Å². The Kier molecular flexibility index (Phi) is 10.5. The second kappa shape index (κ2) is 13.4. The highest BCUT2D eigenvalue weighted by Crippen LogP contribution is 2.34. The van der Waals surface area contributed by atoms with Crippen molar-refractivity contribution in [3.8, 4) is 5.75 Å². The molecule has 0 radical (unpaired) electrons. The van der Waals surface area contributed by atoms with Crippen LogP contribution in [0.5, 0.6) is 5.75 Å². The molecule has 2 amide bonds. The number of sulfonamides is 1. The summed E-state index contributed by atoms with van der Waals surface area (Å²) in [6.07, 6.45) is 0.297. The summed E-state index contributed by atoms with van der Waals surface area (Å²) in [4.78, 5) is 28.3. The fourth-order valence-corrected chi connectivity index (χ4v) is 6.00. The molecule has 1 N–H and O–H groups in total. The van der Waals surface area contributed by atoms with E-state index in [0.29, 0.717) is 22.0 Å². The third-order valence-corrected chi connectivity index (χ3v) is 8.97. The highest BCUT2D eigenvalue weighted by Gasteiger charge is 2.34. The lowest BCUT2D eigenvalue weighted by Gasteiger charge is -2.33. The van der Waals surface area contributed by atoms with Gasteiger partial charge < -0.3 is 15.0 Å². The summed E-state index contributed by atoms with van der Waals surface area (Å²) in [7, 11) is -1.31. The Morgan fingerprint density at radius 1 is 0.950 bits per heavy atom. The normalized spacial score (nSPS) is 12.0. The number of nitrogens with one attached hydrogen (secondary N) is 1. The van der Waals surface area contributed by atoms with Crippen molar-refractivity contribution in [2.45, 2.75) is 44.7 Å². The van der Waals surface area contributed by atoms with Crippen molar-refractivity contribution in [1.29, 1.82) is 0 Å². The van der Waals surface area contributed by atoms with Gasteiger partial charge in [-0.25, -0.2) is 8.42 Å². The Morgan fingerprint density at radius 2 is 1.60 bits per heavy atom. The Balaban J connectivity index is 2.14. The van der Waals surface area contributed by atoms with Crippen LogP contribution in [0.1, 0.15) is 30.0 Å². The topological polar surface area (TPSA) is 96.0 Å². The molecule has 0 saturated carbocycles. The number of benzene rings is 3. The van der Waals surface area contributed by atoms with Gasteiger partial charge in [0.1, 0.15) is 18.3 Å². The lowest BCUT2D eigenvalue weighted by atomic mass is 10.1. The minimum Gasteiger partial charge on any atom is -0.495 e. The molecule has 0 saturated heterocycles. The molecule has 3 rings (SSSR count). The number of likely N-dealkylation sites (N-methyl/N-ethyl adjacent to an activating group) is 1. The van der Waals surface area contributed by atoms with Gasteiger partial charge in [0.05, 0.1) is 27.7 Å². The molecular weight excluding hydrogens is 573 g/mol. The van der Waals surface area contributed by atoms with Gasteiger partial charge in [0.15, 0.2) is 0 Å². The average molecular weight is 607 g/mol. The van der Waals surface area contributed by atoms with Crippen molar-refractivity contribution < 1.29 is 22.7 Å². The molecule has 0 aliphatic rings. The molecule has 214 valence electrons. The molecule has 0 bridgehead atoms. The summed E-state index contributed by atoms with van der Waals surface area (Å²) < 4.78 is 34.6. The molecule has 11 heteroatoms. The van der Waals surface area contributed by atoms with E-state index in [0.717, 1.165) is 15.4 Å². The highest BCUT2D eigenvalue weighted by atomic mass is 35.5. The number of anilines is 1. The zero-order valence-electron chi connectivity index (χ0n) is 23.1. The second-order valence-corrected chi connectivity index (χ2v) is 12.0.